The van der Waals surface area contributed by atoms with Gasteiger partial charge in [0.1, 0.15) is 0 Å². The lowest BCUT2D eigenvalue weighted by atomic mass is 9.91. The van der Waals surface area contributed by atoms with Gasteiger partial charge in [0, 0.05) is 44.5 Å². The van der Waals surface area contributed by atoms with Crippen molar-refractivity contribution < 1.29 is 14.0 Å². The van der Waals surface area contributed by atoms with Crippen LogP contribution in [0.1, 0.15) is 63.6 Å². The van der Waals surface area contributed by atoms with Crippen LogP contribution in [0.25, 0.3) is 0 Å². The van der Waals surface area contributed by atoms with Crippen LogP contribution in [-0.4, -0.2) is 36.9 Å². The molecule has 1 atom stereocenters. The van der Waals surface area contributed by atoms with E-state index in [2.05, 4.69) is 39.9 Å². The first kappa shape index (κ1) is 23.5. The number of carbonyl (C=O) groups excluding carboxylic acids is 2. The van der Waals surface area contributed by atoms with Crippen LogP contribution < -0.4 is 10.2 Å². The van der Waals surface area contributed by atoms with E-state index in [1.165, 1.54) is 6.26 Å². The summed E-state index contributed by atoms with van der Waals surface area (Å²) in [4.78, 5) is 29.4. The first-order chi connectivity index (χ1) is 14.0. The number of amides is 2. The molecular formula is C24H35N3O3. The topological polar surface area (TPSA) is 65.8 Å². The normalized spacial score (nSPS) is 12.4. The minimum absolute atomic E-state index is 0.0773. The van der Waals surface area contributed by atoms with E-state index in [9.17, 15) is 9.59 Å². The van der Waals surface area contributed by atoms with Gasteiger partial charge in [-0.25, -0.2) is 0 Å². The molecule has 0 aliphatic heterocycles. The summed E-state index contributed by atoms with van der Waals surface area (Å²) in [5.74, 6) is 0.104. The fraction of sp³-hybridized carbons (Fsp3) is 0.500. The first-order valence-corrected chi connectivity index (χ1v) is 10.5. The zero-order valence-electron chi connectivity index (χ0n) is 19.3. The molecule has 0 saturated heterocycles. The lowest BCUT2D eigenvalue weighted by Gasteiger charge is -2.33. The molecule has 0 bridgehead atoms. The zero-order valence-corrected chi connectivity index (χ0v) is 19.3. The highest BCUT2D eigenvalue weighted by molar-refractivity contribution is 6.02. The Hall–Kier alpha value is -2.76. The molecule has 30 heavy (non-hydrogen) atoms. The third kappa shape index (κ3) is 6.37. The van der Waals surface area contributed by atoms with Crippen LogP contribution in [0, 0.1) is 5.41 Å². The zero-order chi connectivity index (χ0) is 22.5. The summed E-state index contributed by atoms with van der Waals surface area (Å²) >= 11 is 0. The van der Waals surface area contributed by atoms with Crippen molar-refractivity contribution in [2.24, 2.45) is 5.41 Å². The Balaban J connectivity index is 2.33. The predicted molar refractivity (Wildman–Crippen MR) is 122 cm³/mol. The molecule has 2 aromatic rings. The number of nitrogens with one attached hydrogen (secondary N) is 1. The molecule has 0 fully saturated rings. The molecule has 0 spiro atoms. The maximum Gasteiger partial charge on any atom is 0.291 e. The Kier molecular flexibility index (Phi) is 7.71. The smallest absolute Gasteiger partial charge is 0.291 e. The predicted octanol–water partition coefficient (Wildman–Crippen LogP) is 5.16. The summed E-state index contributed by atoms with van der Waals surface area (Å²) in [6, 6.07) is 9.20. The molecule has 1 heterocycles. The van der Waals surface area contributed by atoms with Crippen LogP contribution in [-0.2, 0) is 11.3 Å². The van der Waals surface area contributed by atoms with E-state index in [0.717, 1.165) is 17.7 Å². The summed E-state index contributed by atoms with van der Waals surface area (Å²) in [5.41, 5.74) is 2.60. The van der Waals surface area contributed by atoms with Gasteiger partial charge in [0.2, 0.25) is 5.91 Å². The fourth-order valence-corrected chi connectivity index (χ4v) is 3.28. The second kappa shape index (κ2) is 9.83. The summed E-state index contributed by atoms with van der Waals surface area (Å²) in [6.45, 7) is 10.9. The van der Waals surface area contributed by atoms with Crippen LogP contribution in [0.3, 0.4) is 0 Å². The van der Waals surface area contributed by atoms with E-state index >= 15 is 0 Å². The highest BCUT2D eigenvalue weighted by Gasteiger charge is 2.25. The van der Waals surface area contributed by atoms with E-state index < -0.39 is 0 Å². The molecule has 6 nitrogen and oxygen atoms in total. The van der Waals surface area contributed by atoms with Gasteiger partial charge in [-0.05, 0) is 54.7 Å². The summed E-state index contributed by atoms with van der Waals surface area (Å²) in [6.07, 6.45) is 2.84. The molecule has 0 radical (unpaired) electrons. The van der Waals surface area contributed by atoms with Gasteiger partial charge in [-0.2, -0.15) is 0 Å². The van der Waals surface area contributed by atoms with Gasteiger partial charge in [0.25, 0.3) is 5.91 Å². The Morgan fingerprint density at radius 3 is 2.40 bits per heavy atom. The highest BCUT2D eigenvalue weighted by Crippen LogP contribution is 2.28. The minimum atomic E-state index is -0.300. The van der Waals surface area contributed by atoms with Crippen LogP contribution in [0.2, 0.25) is 0 Å². The van der Waals surface area contributed by atoms with Crippen molar-refractivity contribution in [3.63, 3.8) is 0 Å². The second-order valence-electron chi connectivity index (χ2n) is 9.19. The lowest BCUT2D eigenvalue weighted by Crippen LogP contribution is -2.39. The van der Waals surface area contributed by atoms with Crippen molar-refractivity contribution in [2.45, 2.75) is 60.0 Å². The quantitative estimate of drug-likeness (QED) is 0.649. The summed E-state index contributed by atoms with van der Waals surface area (Å²) in [5, 5.41) is 2.88. The third-order valence-corrected chi connectivity index (χ3v) is 5.03. The summed E-state index contributed by atoms with van der Waals surface area (Å²) in [7, 11) is 3.95. The van der Waals surface area contributed by atoms with E-state index in [0.29, 0.717) is 18.7 Å². The molecule has 0 unspecified atom stereocenters. The molecule has 1 aromatic carbocycles. The average molecular weight is 414 g/mol. The van der Waals surface area contributed by atoms with E-state index in [1.807, 2.05) is 42.1 Å². The number of carbonyl (C=O) groups is 2. The van der Waals surface area contributed by atoms with Gasteiger partial charge in [0.15, 0.2) is 5.76 Å². The van der Waals surface area contributed by atoms with Gasteiger partial charge in [-0.15, -0.1) is 0 Å². The molecule has 0 aliphatic carbocycles. The van der Waals surface area contributed by atoms with Crippen molar-refractivity contribution in [3.8, 4) is 0 Å². The molecular weight excluding hydrogens is 378 g/mol. The molecule has 0 aliphatic rings. The van der Waals surface area contributed by atoms with Crippen molar-refractivity contribution in [1.29, 1.82) is 0 Å². The number of hydrogen-bond acceptors (Lipinski definition) is 4. The number of furan rings is 1. The van der Waals surface area contributed by atoms with Gasteiger partial charge < -0.3 is 19.5 Å². The molecule has 1 aromatic heterocycles. The molecule has 2 amide bonds. The summed E-state index contributed by atoms with van der Waals surface area (Å²) < 4.78 is 5.17. The number of rotatable bonds is 8. The van der Waals surface area contributed by atoms with Crippen molar-refractivity contribution in [3.05, 3.63) is 47.9 Å². The molecule has 2 rings (SSSR count). The Labute approximate surface area is 180 Å². The fourth-order valence-electron chi connectivity index (χ4n) is 3.28. The van der Waals surface area contributed by atoms with Gasteiger partial charge in [-0.3, -0.25) is 9.59 Å². The van der Waals surface area contributed by atoms with Gasteiger partial charge >= 0.3 is 0 Å². The van der Waals surface area contributed by atoms with Crippen molar-refractivity contribution in [1.82, 2.24) is 4.90 Å². The largest absolute Gasteiger partial charge is 0.459 e. The average Bonchev–Trinajstić information content (AvgIpc) is 3.18. The van der Waals surface area contributed by atoms with E-state index in [1.54, 1.807) is 12.1 Å². The monoisotopic (exact) mass is 413 g/mol. The standard InChI is InChI=1S/C24H35N3O3/c1-8-17(2)27(22(28)15-24(3,4)5)16-18-14-19(11-12-20(18)26(6)7)25-23(29)21-10-9-13-30-21/h9-14,17H,8,15-16H2,1-7H3,(H,25,29)/t17-/m1/s1. The third-order valence-electron chi connectivity index (χ3n) is 5.03. The number of nitrogens with zero attached hydrogens (tertiary/aromatic N) is 2. The van der Waals surface area contributed by atoms with E-state index in [4.69, 9.17) is 4.42 Å². The van der Waals surface area contributed by atoms with Crippen LogP contribution in [0.15, 0.2) is 41.0 Å². The Bertz CT molecular complexity index is 851. The number of benzene rings is 1. The molecule has 164 valence electrons. The van der Waals surface area contributed by atoms with E-state index in [-0.39, 0.29) is 29.0 Å². The lowest BCUT2D eigenvalue weighted by molar-refractivity contribution is -0.135. The molecule has 6 heteroatoms. The van der Waals surface area contributed by atoms with Crippen LogP contribution >= 0.6 is 0 Å². The number of hydrogen-bond donors (Lipinski definition) is 1. The number of anilines is 2. The second-order valence-corrected chi connectivity index (χ2v) is 9.19. The molecule has 0 saturated carbocycles. The Morgan fingerprint density at radius 2 is 1.87 bits per heavy atom. The maximum absolute atomic E-state index is 13.1. The van der Waals surface area contributed by atoms with Crippen molar-refractivity contribution in [2.75, 3.05) is 24.3 Å². The maximum atomic E-state index is 13.1. The first-order valence-electron chi connectivity index (χ1n) is 10.5. The van der Waals surface area contributed by atoms with Crippen LogP contribution in [0.5, 0.6) is 0 Å². The van der Waals surface area contributed by atoms with Gasteiger partial charge in [0.05, 0.1) is 6.26 Å². The SMILES string of the molecule is CC[C@@H](C)N(Cc1cc(NC(=O)c2ccco2)ccc1N(C)C)C(=O)CC(C)(C)C. The molecule has 1 N–H and O–H groups in total. The van der Waals surface area contributed by atoms with Gasteiger partial charge in [-0.1, -0.05) is 27.7 Å². The van der Waals surface area contributed by atoms with Crippen LogP contribution in [0.4, 0.5) is 11.4 Å². The van der Waals surface area contributed by atoms with Crippen molar-refractivity contribution >= 4 is 23.2 Å². The Morgan fingerprint density at radius 1 is 1.17 bits per heavy atom. The minimum Gasteiger partial charge on any atom is -0.459 e. The highest BCUT2D eigenvalue weighted by atomic mass is 16.3.